The van der Waals surface area contributed by atoms with E-state index in [0.717, 1.165) is 31.9 Å². The SMILES string of the molecule is CCOc1ccccc1CCCN1CCNCC1C. The monoisotopic (exact) mass is 262 g/mol. The smallest absolute Gasteiger partial charge is 0.122 e. The Morgan fingerprint density at radius 2 is 2.21 bits per heavy atom. The van der Waals surface area contributed by atoms with Crippen LogP contribution in [-0.2, 0) is 6.42 Å². The average Bonchev–Trinajstić information content (AvgIpc) is 2.43. The molecule has 106 valence electrons. The lowest BCUT2D eigenvalue weighted by Gasteiger charge is -2.33. The Labute approximate surface area is 116 Å². The molecule has 1 aliphatic rings. The summed E-state index contributed by atoms with van der Waals surface area (Å²) in [5.74, 6) is 1.05. The maximum absolute atomic E-state index is 5.68. The van der Waals surface area contributed by atoms with Gasteiger partial charge in [-0.05, 0) is 44.9 Å². The molecule has 0 saturated carbocycles. The predicted octanol–water partition coefficient (Wildman–Crippen LogP) is 2.31. The van der Waals surface area contributed by atoms with Crippen LogP contribution in [0.25, 0.3) is 0 Å². The zero-order valence-corrected chi connectivity index (χ0v) is 12.2. The molecule has 1 aliphatic heterocycles. The fraction of sp³-hybridized carbons (Fsp3) is 0.625. The van der Waals surface area contributed by atoms with Gasteiger partial charge in [0.05, 0.1) is 6.61 Å². The van der Waals surface area contributed by atoms with Gasteiger partial charge in [-0.15, -0.1) is 0 Å². The van der Waals surface area contributed by atoms with Crippen molar-refractivity contribution < 1.29 is 4.74 Å². The van der Waals surface area contributed by atoms with Gasteiger partial charge in [-0.1, -0.05) is 18.2 Å². The third kappa shape index (κ3) is 4.22. The van der Waals surface area contributed by atoms with Gasteiger partial charge in [0.2, 0.25) is 0 Å². The van der Waals surface area contributed by atoms with Gasteiger partial charge in [0.1, 0.15) is 5.75 Å². The summed E-state index contributed by atoms with van der Waals surface area (Å²) in [7, 11) is 0. The van der Waals surface area contributed by atoms with Crippen LogP contribution in [0.3, 0.4) is 0 Å². The minimum atomic E-state index is 0.663. The van der Waals surface area contributed by atoms with Gasteiger partial charge in [-0.2, -0.15) is 0 Å². The van der Waals surface area contributed by atoms with Gasteiger partial charge in [-0.3, -0.25) is 4.90 Å². The Kier molecular flexibility index (Phi) is 5.67. The zero-order chi connectivity index (χ0) is 13.5. The van der Waals surface area contributed by atoms with Crippen LogP contribution in [-0.4, -0.2) is 43.7 Å². The van der Waals surface area contributed by atoms with Crippen LogP contribution < -0.4 is 10.1 Å². The molecule has 1 saturated heterocycles. The van der Waals surface area contributed by atoms with E-state index in [-0.39, 0.29) is 0 Å². The molecule has 0 amide bonds. The number of rotatable bonds is 6. The van der Waals surface area contributed by atoms with Crippen molar-refractivity contribution in [2.45, 2.75) is 32.7 Å². The number of para-hydroxylation sites is 1. The number of nitrogens with zero attached hydrogens (tertiary/aromatic N) is 1. The van der Waals surface area contributed by atoms with E-state index in [2.05, 4.69) is 35.3 Å². The molecule has 0 radical (unpaired) electrons. The van der Waals surface area contributed by atoms with E-state index in [4.69, 9.17) is 4.74 Å². The van der Waals surface area contributed by atoms with E-state index in [0.29, 0.717) is 6.04 Å². The van der Waals surface area contributed by atoms with Gasteiger partial charge < -0.3 is 10.1 Å². The molecular formula is C16H26N2O. The summed E-state index contributed by atoms with van der Waals surface area (Å²) in [6, 6.07) is 9.08. The Hall–Kier alpha value is -1.06. The molecule has 1 unspecified atom stereocenters. The van der Waals surface area contributed by atoms with Crippen molar-refractivity contribution in [3.63, 3.8) is 0 Å². The topological polar surface area (TPSA) is 24.5 Å². The normalized spacial score (nSPS) is 20.4. The lowest BCUT2D eigenvalue weighted by Crippen LogP contribution is -2.49. The molecule has 1 atom stereocenters. The summed E-state index contributed by atoms with van der Waals surface area (Å²) in [5, 5.41) is 3.44. The highest BCUT2D eigenvalue weighted by Gasteiger charge is 2.16. The van der Waals surface area contributed by atoms with Crippen molar-refractivity contribution in [1.82, 2.24) is 10.2 Å². The highest BCUT2D eigenvalue weighted by molar-refractivity contribution is 5.33. The van der Waals surface area contributed by atoms with Crippen LogP contribution in [0, 0.1) is 0 Å². The summed E-state index contributed by atoms with van der Waals surface area (Å²) in [5.41, 5.74) is 1.34. The fourth-order valence-electron chi connectivity index (χ4n) is 2.69. The van der Waals surface area contributed by atoms with Crippen LogP contribution in [0.1, 0.15) is 25.8 Å². The van der Waals surface area contributed by atoms with Gasteiger partial charge in [0.25, 0.3) is 0 Å². The van der Waals surface area contributed by atoms with E-state index in [1.54, 1.807) is 0 Å². The molecule has 0 bridgehead atoms. The summed E-state index contributed by atoms with van der Waals surface area (Å²) < 4.78 is 5.68. The molecule has 1 heterocycles. The highest BCUT2D eigenvalue weighted by Crippen LogP contribution is 2.19. The lowest BCUT2D eigenvalue weighted by molar-refractivity contribution is 0.172. The Morgan fingerprint density at radius 3 is 3.00 bits per heavy atom. The van der Waals surface area contributed by atoms with Crippen LogP contribution in [0.5, 0.6) is 5.75 Å². The van der Waals surface area contributed by atoms with E-state index < -0.39 is 0 Å². The quantitative estimate of drug-likeness (QED) is 0.851. The standard InChI is InChI=1S/C16H26N2O/c1-3-19-16-9-5-4-7-15(16)8-6-11-18-12-10-17-13-14(18)2/h4-5,7,9,14,17H,3,6,8,10-13H2,1-2H3. The van der Waals surface area contributed by atoms with Crippen LogP contribution in [0.4, 0.5) is 0 Å². The third-order valence-electron chi connectivity index (χ3n) is 3.80. The second kappa shape index (κ2) is 7.51. The second-order valence-electron chi connectivity index (χ2n) is 5.23. The number of hydrogen-bond donors (Lipinski definition) is 1. The molecule has 1 aromatic carbocycles. The maximum atomic E-state index is 5.68. The highest BCUT2D eigenvalue weighted by atomic mass is 16.5. The van der Waals surface area contributed by atoms with Gasteiger partial charge in [-0.25, -0.2) is 0 Å². The molecule has 1 N–H and O–H groups in total. The molecular weight excluding hydrogens is 236 g/mol. The molecule has 1 fully saturated rings. The Bertz CT molecular complexity index is 381. The first kappa shape index (κ1) is 14.4. The molecule has 0 aliphatic carbocycles. The third-order valence-corrected chi connectivity index (χ3v) is 3.80. The molecule has 19 heavy (non-hydrogen) atoms. The molecule has 0 spiro atoms. The molecule has 3 heteroatoms. The molecule has 2 rings (SSSR count). The van der Waals surface area contributed by atoms with Crippen molar-refractivity contribution >= 4 is 0 Å². The van der Waals surface area contributed by atoms with Crippen molar-refractivity contribution in [2.75, 3.05) is 32.8 Å². The number of nitrogens with one attached hydrogen (secondary N) is 1. The minimum absolute atomic E-state index is 0.663. The van der Waals surface area contributed by atoms with Crippen LogP contribution in [0.15, 0.2) is 24.3 Å². The van der Waals surface area contributed by atoms with E-state index in [9.17, 15) is 0 Å². The first-order chi connectivity index (χ1) is 9.31. The number of piperazine rings is 1. The number of hydrogen-bond acceptors (Lipinski definition) is 3. The van der Waals surface area contributed by atoms with Gasteiger partial charge >= 0.3 is 0 Å². The fourth-order valence-corrected chi connectivity index (χ4v) is 2.69. The second-order valence-corrected chi connectivity index (χ2v) is 5.23. The zero-order valence-electron chi connectivity index (χ0n) is 12.2. The molecule has 3 nitrogen and oxygen atoms in total. The number of aryl methyl sites for hydroxylation is 1. The first-order valence-electron chi connectivity index (χ1n) is 7.46. The van der Waals surface area contributed by atoms with Gasteiger partial charge in [0, 0.05) is 25.7 Å². The van der Waals surface area contributed by atoms with E-state index >= 15 is 0 Å². The Balaban J connectivity index is 1.81. The van der Waals surface area contributed by atoms with E-state index in [1.807, 2.05) is 13.0 Å². The first-order valence-corrected chi connectivity index (χ1v) is 7.46. The largest absolute Gasteiger partial charge is 0.494 e. The molecule has 0 aromatic heterocycles. The number of ether oxygens (including phenoxy) is 1. The molecule has 1 aromatic rings. The summed E-state index contributed by atoms with van der Waals surface area (Å²) in [4.78, 5) is 2.58. The van der Waals surface area contributed by atoms with Crippen LogP contribution >= 0.6 is 0 Å². The summed E-state index contributed by atoms with van der Waals surface area (Å²) in [6.07, 6.45) is 2.31. The van der Waals surface area contributed by atoms with Crippen molar-refractivity contribution in [3.8, 4) is 5.75 Å². The van der Waals surface area contributed by atoms with Gasteiger partial charge in [0.15, 0.2) is 0 Å². The average molecular weight is 262 g/mol. The Morgan fingerprint density at radius 1 is 1.37 bits per heavy atom. The summed E-state index contributed by atoms with van der Waals surface area (Å²) >= 11 is 0. The van der Waals surface area contributed by atoms with Crippen LogP contribution in [0.2, 0.25) is 0 Å². The van der Waals surface area contributed by atoms with Crippen molar-refractivity contribution in [1.29, 1.82) is 0 Å². The minimum Gasteiger partial charge on any atom is -0.494 e. The van der Waals surface area contributed by atoms with Crippen molar-refractivity contribution in [3.05, 3.63) is 29.8 Å². The maximum Gasteiger partial charge on any atom is 0.122 e. The summed E-state index contributed by atoms with van der Waals surface area (Å²) in [6.45, 7) is 9.69. The number of benzene rings is 1. The predicted molar refractivity (Wildman–Crippen MR) is 79.8 cm³/mol. The lowest BCUT2D eigenvalue weighted by atomic mass is 10.1. The van der Waals surface area contributed by atoms with E-state index in [1.165, 1.54) is 25.1 Å². The van der Waals surface area contributed by atoms with Crippen molar-refractivity contribution in [2.24, 2.45) is 0 Å².